The molecule has 1 aromatic rings. The zero-order valence-electron chi connectivity index (χ0n) is 19.1. The molecular formula is C22H28BrF2N3O5S. The molecule has 0 spiro atoms. The fourth-order valence-electron chi connectivity index (χ4n) is 3.87. The van der Waals surface area contributed by atoms with Crippen LogP contribution in [0.3, 0.4) is 0 Å². The van der Waals surface area contributed by atoms with Crippen molar-refractivity contribution in [2.45, 2.75) is 63.0 Å². The van der Waals surface area contributed by atoms with Crippen molar-refractivity contribution < 1.29 is 32.5 Å². The van der Waals surface area contributed by atoms with Crippen LogP contribution < -0.4 is 10.0 Å². The molecule has 2 fully saturated rings. The van der Waals surface area contributed by atoms with Crippen LogP contribution in [0.2, 0.25) is 0 Å². The van der Waals surface area contributed by atoms with E-state index < -0.39 is 70.4 Å². The maximum atomic E-state index is 15.7. The number of nitrogens with one attached hydrogen (secondary N) is 2. The summed E-state index contributed by atoms with van der Waals surface area (Å²) >= 11 is 1.38. The standard InChI is InChI=1S/C22H28BrF2N3O5S/c1-22(2,3)34(32)27-18(14-5-4-12(23)10-16(14)24)17(25)11-15-19(29)26-21(31)28(20(15)30)13-6-8-33-9-7-13/h4-5,10,13,15,17-18,27H,6-9,11H2,1-3H3,(H,26,29,31)/t15?,17-,18+,34?/m1/s1. The second-order valence-electron chi connectivity index (χ2n) is 9.29. The van der Waals surface area contributed by atoms with Gasteiger partial charge in [-0.1, -0.05) is 22.0 Å². The molecule has 4 amide bonds. The van der Waals surface area contributed by atoms with Gasteiger partial charge in [0.25, 0.3) is 0 Å². The molecule has 12 heteroatoms. The van der Waals surface area contributed by atoms with Crippen molar-refractivity contribution >= 4 is 45.1 Å². The molecule has 2 aliphatic rings. The van der Waals surface area contributed by atoms with Crippen LogP contribution in [-0.4, -0.2) is 57.5 Å². The summed E-state index contributed by atoms with van der Waals surface area (Å²) in [5.41, 5.74) is -0.0886. The van der Waals surface area contributed by atoms with E-state index in [0.717, 1.165) is 11.0 Å². The second kappa shape index (κ2) is 11.0. The van der Waals surface area contributed by atoms with Crippen LogP contribution in [0.15, 0.2) is 22.7 Å². The number of alkyl halides is 1. The van der Waals surface area contributed by atoms with E-state index in [9.17, 15) is 23.3 Å². The van der Waals surface area contributed by atoms with Crippen molar-refractivity contribution in [3.05, 3.63) is 34.1 Å². The lowest BCUT2D eigenvalue weighted by Gasteiger charge is -2.38. The summed E-state index contributed by atoms with van der Waals surface area (Å²) in [6.07, 6.45) is -1.76. The van der Waals surface area contributed by atoms with E-state index in [1.807, 2.05) is 0 Å². The first-order valence-electron chi connectivity index (χ1n) is 10.9. The number of carbonyl (C=O) groups excluding carboxylic acids is 3. The van der Waals surface area contributed by atoms with Crippen molar-refractivity contribution in [1.82, 2.24) is 14.9 Å². The Labute approximate surface area is 208 Å². The van der Waals surface area contributed by atoms with Gasteiger partial charge in [0.05, 0.1) is 0 Å². The number of benzene rings is 1. The van der Waals surface area contributed by atoms with E-state index in [2.05, 4.69) is 26.0 Å². The molecule has 0 aromatic heterocycles. The quantitative estimate of drug-likeness (QED) is 0.389. The minimum atomic E-state index is -1.97. The molecule has 0 bridgehead atoms. The van der Waals surface area contributed by atoms with Crippen LogP contribution in [0, 0.1) is 11.7 Å². The Morgan fingerprint density at radius 2 is 1.94 bits per heavy atom. The fraction of sp³-hybridized carbons (Fsp3) is 0.591. The topological polar surface area (TPSA) is 111 Å². The summed E-state index contributed by atoms with van der Waals surface area (Å²) in [6, 6.07) is 1.33. The van der Waals surface area contributed by atoms with Crippen molar-refractivity contribution in [2.75, 3.05) is 13.2 Å². The Morgan fingerprint density at radius 1 is 1.29 bits per heavy atom. The van der Waals surface area contributed by atoms with Gasteiger partial charge >= 0.3 is 6.03 Å². The normalized spacial score (nSPS) is 23.0. The minimum Gasteiger partial charge on any atom is -0.598 e. The van der Waals surface area contributed by atoms with Gasteiger partial charge in [-0.25, -0.2) is 13.6 Å². The number of hydrogen-bond donors (Lipinski definition) is 2. The molecule has 188 valence electrons. The minimum absolute atomic E-state index is 0.0886. The predicted molar refractivity (Wildman–Crippen MR) is 125 cm³/mol. The summed E-state index contributed by atoms with van der Waals surface area (Å²) < 4.78 is 50.8. The molecule has 2 unspecified atom stereocenters. The van der Waals surface area contributed by atoms with Crippen molar-refractivity contribution in [3.63, 3.8) is 0 Å². The average molecular weight is 564 g/mol. The van der Waals surface area contributed by atoms with Crippen molar-refractivity contribution in [3.8, 4) is 0 Å². The number of urea groups is 1. The highest BCUT2D eigenvalue weighted by atomic mass is 79.9. The van der Waals surface area contributed by atoms with E-state index in [1.165, 1.54) is 12.1 Å². The van der Waals surface area contributed by atoms with Crippen LogP contribution in [0.1, 0.15) is 51.6 Å². The van der Waals surface area contributed by atoms with Gasteiger partial charge in [0.15, 0.2) is 0 Å². The number of amides is 4. The van der Waals surface area contributed by atoms with Crippen molar-refractivity contribution in [1.29, 1.82) is 0 Å². The lowest BCUT2D eigenvalue weighted by Crippen LogP contribution is -2.62. The zero-order chi connectivity index (χ0) is 25.2. The van der Waals surface area contributed by atoms with E-state index in [4.69, 9.17) is 4.74 Å². The summed E-state index contributed by atoms with van der Waals surface area (Å²) in [5.74, 6) is -3.93. The average Bonchev–Trinajstić information content (AvgIpc) is 2.75. The van der Waals surface area contributed by atoms with Gasteiger partial charge in [-0.05, 0) is 45.7 Å². The maximum Gasteiger partial charge on any atom is 0.331 e. The monoisotopic (exact) mass is 563 g/mol. The van der Waals surface area contributed by atoms with Crippen LogP contribution in [0.4, 0.5) is 13.6 Å². The van der Waals surface area contributed by atoms with Gasteiger partial charge in [-0.3, -0.25) is 19.8 Å². The van der Waals surface area contributed by atoms with Crippen LogP contribution in [0.25, 0.3) is 0 Å². The number of ether oxygens (including phenoxy) is 1. The number of halogens is 3. The van der Waals surface area contributed by atoms with Crippen LogP contribution >= 0.6 is 15.9 Å². The first kappa shape index (κ1) is 27.0. The Hall–Kier alpha value is -1.60. The number of carbonyl (C=O) groups is 3. The van der Waals surface area contributed by atoms with E-state index >= 15 is 4.39 Å². The van der Waals surface area contributed by atoms with E-state index in [-0.39, 0.29) is 5.56 Å². The van der Waals surface area contributed by atoms with Gasteiger partial charge in [0, 0.05) is 47.1 Å². The third-order valence-corrected chi connectivity index (χ3v) is 7.84. The smallest absolute Gasteiger partial charge is 0.331 e. The molecule has 2 heterocycles. The maximum absolute atomic E-state index is 15.7. The summed E-state index contributed by atoms with van der Waals surface area (Å²) in [6.45, 7) is 5.74. The molecule has 2 saturated heterocycles. The molecule has 3 rings (SSSR count). The largest absolute Gasteiger partial charge is 0.598 e. The third-order valence-electron chi connectivity index (χ3n) is 5.77. The van der Waals surface area contributed by atoms with E-state index in [1.54, 1.807) is 20.8 Å². The fourth-order valence-corrected chi connectivity index (χ4v) is 5.06. The van der Waals surface area contributed by atoms with Crippen LogP contribution in [-0.2, 0) is 25.7 Å². The SMILES string of the molecule is CC(C)(C)[S+]([O-])N[C@@H](c1ccc(Br)cc1F)[C@H](F)CC1C(=O)NC(=O)N(C2CCOCC2)C1=O. The number of hydrogen-bond acceptors (Lipinski definition) is 6. The highest BCUT2D eigenvalue weighted by molar-refractivity contribution is 9.10. The summed E-state index contributed by atoms with van der Waals surface area (Å²) in [5, 5.41) is 2.13. The van der Waals surface area contributed by atoms with Crippen LogP contribution in [0.5, 0.6) is 0 Å². The number of nitrogens with zero attached hydrogens (tertiary/aromatic N) is 1. The molecular weight excluding hydrogens is 536 g/mol. The molecule has 1 aromatic carbocycles. The third kappa shape index (κ3) is 6.14. The Balaban J connectivity index is 1.86. The Kier molecular flexibility index (Phi) is 8.72. The molecule has 0 aliphatic carbocycles. The van der Waals surface area contributed by atoms with Gasteiger partial charge in [0.2, 0.25) is 11.8 Å². The van der Waals surface area contributed by atoms with Gasteiger partial charge in [-0.2, -0.15) is 0 Å². The number of imide groups is 2. The van der Waals surface area contributed by atoms with E-state index in [0.29, 0.717) is 30.5 Å². The molecule has 0 saturated carbocycles. The number of rotatable bonds is 7. The predicted octanol–water partition coefficient (Wildman–Crippen LogP) is 3.28. The molecule has 0 radical (unpaired) electrons. The van der Waals surface area contributed by atoms with Crippen molar-refractivity contribution in [2.24, 2.45) is 5.92 Å². The molecule has 4 atom stereocenters. The lowest BCUT2D eigenvalue weighted by atomic mass is 9.91. The Bertz CT molecular complexity index is 942. The second-order valence-corrected chi connectivity index (χ2v) is 12.2. The highest BCUT2D eigenvalue weighted by Gasteiger charge is 2.46. The first-order valence-corrected chi connectivity index (χ1v) is 12.9. The molecule has 8 nitrogen and oxygen atoms in total. The zero-order valence-corrected chi connectivity index (χ0v) is 21.5. The van der Waals surface area contributed by atoms with Gasteiger partial charge in [0.1, 0.15) is 28.7 Å². The number of barbiturate groups is 1. The molecule has 34 heavy (non-hydrogen) atoms. The lowest BCUT2D eigenvalue weighted by molar-refractivity contribution is -0.146. The summed E-state index contributed by atoms with van der Waals surface area (Å²) in [4.78, 5) is 38.9. The molecule has 2 N–H and O–H groups in total. The summed E-state index contributed by atoms with van der Waals surface area (Å²) in [7, 11) is 0. The van der Waals surface area contributed by atoms with Gasteiger partial charge < -0.3 is 9.29 Å². The molecule has 2 aliphatic heterocycles. The highest BCUT2D eigenvalue weighted by Crippen LogP contribution is 2.32. The van der Waals surface area contributed by atoms with Gasteiger partial charge in [-0.15, -0.1) is 4.72 Å². The Morgan fingerprint density at radius 3 is 2.53 bits per heavy atom. The first-order chi connectivity index (χ1) is 15.9.